The molecule has 1 aromatic carbocycles. The average molecular weight is 326 g/mol. The minimum Gasteiger partial charge on any atom is -0.481 e. The molecular weight excluding hydrogens is 304 g/mol. The van der Waals surface area contributed by atoms with Crippen LogP contribution in [-0.4, -0.2) is 43.4 Å². The second-order valence-corrected chi connectivity index (χ2v) is 7.44. The zero-order valence-electron chi connectivity index (χ0n) is 12.7. The highest BCUT2D eigenvalue weighted by Gasteiger charge is 2.27. The van der Waals surface area contributed by atoms with E-state index in [4.69, 9.17) is 0 Å². The van der Waals surface area contributed by atoms with Gasteiger partial charge in [0.2, 0.25) is 0 Å². The molecule has 1 atom stereocenters. The molecule has 1 unspecified atom stereocenters. The molecule has 1 fully saturated rings. The number of carboxylic acids is 1. The Morgan fingerprint density at radius 2 is 2.05 bits per heavy atom. The van der Waals surface area contributed by atoms with Gasteiger partial charge < -0.3 is 5.11 Å². The molecular formula is C15H22N2O4S. The zero-order valence-corrected chi connectivity index (χ0v) is 13.5. The van der Waals surface area contributed by atoms with Gasteiger partial charge in [0.25, 0.3) is 10.2 Å². The Labute approximate surface area is 131 Å². The summed E-state index contributed by atoms with van der Waals surface area (Å²) < 4.78 is 28.0. The van der Waals surface area contributed by atoms with Gasteiger partial charge in [-0.3, -0.25) is 4.79 Å². The number of nitrogens with zero attached hydrogens (tertiary/aromatic N) is 1. The highest BCUT2D eigenvalue weighted by atomic mass is 32.2. The lowest BCUT2D eigenvalue weighted by Crippen LogP contribution is -2.42. The van der Waals surface area contributed by atoms with Gasteiger partial charge in [-0.1, -0.05) is 29.8 Å². The molecule has 1 saturated heterocycles. The van der Waals surface area contributed by atoms with E-state index in [0.29, 0.717) is 19.5 Å². The summed E-state index contributed by atoms with van der Waals surface area (Å²) in [6, 6.07) is 7.59. The fraction of sp³-hybridized carbons (Fsp3) is 0.533. The summed E-state index contributed by atoms with van der Waals surface area (Å²) in [6.07, 6.45) is 2.01. The van der Waals surface area contributed by atoms with Crippen LogP contribution < -0.4 is 4.72 Å². The van der Waals surface area contributed by atoms with Crippen molar-refractivity contribution in [2.24, 2.45) is 5.92 Å². The molecule has 0 amide bonds. The number of aliphatic carboxylic acids is 1. The highest BCUT2D eigenvalue weighted by molar-refractivity contribution is 7.87. The largest absolute Gasteiger partial charge is 0.481 e. The van der Waals surface area contributed by atoms with Crippen LogP contribution in [0.1, 0.15) is 24.0 Å². The molecule has 1 aromatic rings. The van der Waals surface area contributed by atoms with Crippen LogP contribution in [0, 0.1) is 12.8 Å². The van der Waals surface area contributed by atoms with E-state index in [1.54, 1.807) is 0 Å². The van der Waals surface area contributed by atoms with E-state index in [-0.39, 0.29) is 6.54 Å². The number of nitrogens with one attached hydrogen (secondary N) is 1. The van der Waals surface area contributed by atoms with Crippen molar-refractivity contribution in [1.82, 2.24) is 9.03 Å². The second-order valence-electron chi connectivity index (χ2n) is 5.69. The van der Waals surface area contributed by atoms with E-state index in [9.17, 15) is 18.3 Å². The number of benzene rings is 1. The lowest BCUT2D eigenvalue weighted by Gasteiger charge is -2.19. The number of hydrogen-bond acceptors (Lipinski definition) is 3. The first kappa shape index (κ1) is 16.9. The summed E-state index contributed by atoms with van der Waals surface area (Å²) in [5, 5.41) is 9.32. The third kappa shape index (κ3) is 4.53. The first-order valence-electron chi connectivity index (χ1n) is 7.41. The first-order valence-corrected chi connectivity index (χ1v) is 8.85. The minimum atomic E-state index is -3.57. The summed E-state index contributed by atoms with van der Waals surface area (Å²) in [6.45, 7) is 2.85. The maximum atomic E-state index is 12.1. The van der Waals surface area contributed by atoms with Gasteiger partial charge in [0, 0.05) is 19.6 Å². The number of rotatable bonds is 7. The van der Waals surface area contributed by atoms with Crippen LogP contribution in [0.25, 0.3) is 0 Å². The molecule has 122 valence electrons. The van der Waals surface area contributed by atoms with Crippen LogP contribution in [0.2, 0.25) is 0 Å². The summed E-state index contributed by atoms with van der Waals surface area (Å²) in [4.78, 5) is 11.4. The molecule has 22 heavy (non-hydrogen) atoms. The SMILES string of the molecule is Cc1cccc(CC(CNS(=O)(=O)N2CCCC2)C(=O)O)c1. The maximum absolute atomic E-state index is 12.1. The standard InChI is InChI=1S/C15H22N2O4S/c1-12-5-4-6-13(9-12)10-14(15(18)19)11-16-22(20,21)17-7-2-3-8-17/h4-6,9,14,16H,2-3,7-8,10-11H2,1H3,(H,18,19). The number of carbonyl (C=O) groups is 1. The van der Waals surface area contributed by atoms with Gasteiger partial charge in [-0.2, -0.15) is 12.7 Å². The third-order valence-electron chi connectivity index (χ3n) is 3.83. The Bertz CT molecular complexity index is 624. The van der Waals surface area contributed by atoms with E-state index >= 15 is 0 Å². The highest BCUT2D eigenvalue weighted by Crippen LogP contribution is 2.14. The van der Waals surface area contributed by atoms with Crippen LogP contribution in [-0.2, 0) is 21.4 Å². The van der Waals surface area contributed by atoms with Gasteiger partial charge in [0.1, 0.15) is 0 Å². The molecule has 1 aliphatic rings. The first-order chi connectivity index (χ1) is 10.4. The van der Waals surface area contributed by atoms with Crippen molar-refractivity contribution in [2.75, 3.05) is 19.6 Å². The van der Waals surface area contributed by atoms with Gasteiger partial charge in [0.05, 0.1) is 5.92 Å². The topological polar surface area (TPSA) is 86.7 Å². The molecule has 1 aliphatic heterocycles. The van der Waals surface area contributed by atoms with Gasteiger partial charge in [-0.15, -0.1) is 0 Å². The van der Waals surface area contributed by atoms with Gasteiger partial charge >= 0.3 is 5.97 Å². The summed E-state index contributed by atoms with van der Waals surface area (Å²) in [5.41, 5.74) is 1.95. The second kappa shape index (κ2) is 7.21. The van der Waals surface area contributed by atoms with Gasteiger partial charge in [-0.25, -0.2) is 4.72 Å². The Morgan fingerprint density at radius 1 is 1.36 bits per heavy atom. The molecule has 0 aliphatic carbocycles. The Kier molecular flexibility index (Phi) is 5.55. The van der Waals surface area contributed by atoms with E-state index < -0.39 is 22.1 Å². The van der Waals surface area contributed by atoms with Crippen LogP contribution in [0.5, 0.6) is 0 Å². The van der Waals surface area contributed by atoms with E-state index in [0.717, 1.165) is 24.0 Å². The van der Waals surface area contributed by atoms with Crippen LogP contribution in [0.15, 0.2) is 24.3 Å². The average Bonchev–Trinajstić information content (AvgIpc) is 2.98. The van der Waals surface area contributed by atoms with Gasteiger partial charge in [0.15, 0.2) is 0 Å². The monoisotopic (exact) mass is 326 g/mol. The van der Waals surface area contributed by atoms with Crippen LogP contribution >= 0.6 is 0 Å². The molecule has 0 saturated carbocycles. The quantitative estimate of drug-likeness (QED) is 0.787. The van der Waals surface area contributed by atoms with Crippen molar-refractivity contribution >= 4 is 16.2 Å². The normalized spacial score (nSPS) is 17.5. The Hall–Kier alpha value is -1.44. The Balaban J connectivity index is 1.98. The van der Waals surface area contributed by atoms with Crippen molar-refractivity contribution in [2.45, 2.75) is 26.2 Å². The predicted octanol–water partition coefficient (Wildman–Crippen LogP) is 1.17. The number of aryl methyl sites for hydroxylation is 1. The van der Waals surface area contributed by atoms with Crippen LogP contribution in [0.3, 0.4) is 0 Å². The van der Waals surface area contributed by atoms with E-state index in [1.165, 1.54) is 4.31 Å². The molecule has 0 spiro atoms. The van der Waals surface area contributed by atoms with E-state index in [2.05, 4.69) is 4.72 Å². The van der Waals surface area contributed by atoms with Crippen molar-refractivity contribution in [3.63, 3.8) is 0 Å². The van der Waals surface area contributed by atoms with Crippen molar-refractivity contribution in [1.29, 1.82) is 0 Å². The molecule has 6 nitrogen and oxygen atoms in total. The minimum absolute atomic E-state index is 0.0951. The third-order valence-corrected chi connectivity index (χ3v) is 5.41. The molecule has 2 rings (SSSR count). The van der Waals surface area contributed by atoms with Crippen molar-refractivity contribution < 1.29 is 18.3 Å². The van der Waals surface area contributed by atoms with Gasteiger partial charge in [-0.05, 0) is 31.7 Å². The predicted molar refractivity (Wildman–Crippen MR) is 83.7 cm³/mol. The maximum Gasteiger partial charge on any atom is 0.308 e. The molecule has 1 heterocycles. The number of carboxylic acid groups (broad SMARTS) is 1. The van der Waals surface area contributed by atoms with Crippen LogP contribution in [0.4, 0.5) is 0 Å². The summed E-state index contributed by atoms with van der Waals surface area (Å²) >= 11 is 0. The van der Waals surface area contributed by atoms with E-state index in [1.807, 2.05) is 31.2 Å². The lowest BCUT2D eigenvalue weighted by molar-refractivity contribution is -0.141. The fourth-order valence-corrected chi connectivity index (χ4v) is 3.93. The summed E-state index contributed by atoms with van der Waals surface area (Å²) in [5.74, 6) is -1.77. The lowest BCUT2D eigenvalue weighted by atomic mass is 9.98. The Morgan fingerprint density at radius 3 is 2.64 bits per heavy atom. The zero-order chi connectivity index (χ0) is 16.2. The molecule has 7 heteroatoms. The fourth-order valence-electron chi connectivity index (χ4n) is 2.60. The summed E-state index contributed by atoms with van der Waals surface area (Å²) in [7, 11) is -3.57. The molecule has 0 bridgehead atoms. The van der Waals surface area contributed by atoms with Crippen molar-refractivity contribution in [3.8, 4) is 0 Å². The molecule has 0 radical (unpaired) electrons. The molecule has 2 N–H and O–H groups in total. The molecule has 0 aromatic heterocycles. The smallest absolute Gasteiger partial charge is 0.308 e. The van der Waals surface area contributed by atoms with Crippen molar-refractivity contribution in [3.05, 3.63) is 35.4 Å². The number of hydrogen-bond donors (Lipinski definition) is 2.